The Labute approximate surface area is 123 Å². The van der Waals surface area contributed by atoms with Crippen molar-refractivity contribution >= 4 is 11.8 Å². The van der Waals surface area contributed by atoms with Gasteiger partial charge in [-0.1, -0.05) is 6.07 Å². The third-order valence-corrected chi connectivity index (χ3v) is 4.55. The second kappa shape index (κ2) is 5.21. The van der Waals surface area contributed by atoms with E-state index in [2.05, 4.69) is 11.4 Å². The molecular weight excluding hydrogens is 266 g/mol. The van der Waals surface area contributed by atoms with Crippen LogP contribution in [0.25, 0.3) is 0 Å². The molecule has 0 atom stereocenters. The van der Waals surface area contributed by atoms with E-state index < -0.39 is 0 Å². The number of hydrogen-bond donors (Lipinski definition) is 1. The summed E-state index contributed by atoms with van der Waals surface area (Å²) in [7, 11) is 0. The van der Waals surface area contributed by atoms with E-state index >= 15 is 0 Å². The zero-order chi connectivity index (χ0) is 14.9. The van der Waals surface area contributed by atoms with Gasteiger partial charge < -0.3 is 10.2 Å². The zero-order valence-corrected chi connectivity index (χ0v) is 11.8. The zero-order valence-electron chi connectivity index (χ0n) is 11.8. The summed E-state index contributed by atoms with van der Waals surface area (Å²) in [6.45, 7) is 2.08. The van der Waals surface area contributed by atoms with Crippen LogP contribution in [0.4, 0.5) is 0 Å². The number of benzene rings is 1. The molecule has 2 saturated heterocycles. The summed E-state index contributed by atoms with van der Waals surface area (Å²) in [5.74, 6) is 0.0933. The van der Waals surface area contributed by atoms with Crippen LogP contribution in [-0.4, -0.2) is 36.3 Å². The molecule has 0 aliphatic carbocycles. The molecule has 1 aromatic carbocycles. The van der Waals surface area contributed by atoms with Crippen LogP contribution in [-0.2, 0) is 4.79 Å². The van der Waals surface area contributed by atoms with Crippen molar-refractivity contribution < 1.29 is 9.59 Å². The lowest BCUT2D eigenvalue weighted by atomic mass is 9.77. The lowest BCUT2D eigenvalue weighted by molar-refractivity contribution is -0.119. The fourth-order valence-electron chi connectivity index (χ4n) is 3.19. The summed E-state index contributed by atoms with van der Waals surface area (Å²) in [5, 5.41) is 11.8. The lowest BCUT2D eigenvalue weighted by Crippen LogP contribution is -2.44. The van der Waals surface area contributed by atoms with Gasteiger partial charge in [0.1, 0.15) is 0 Å². The Balaban J connectivity index is 1.68. The standard InChI is InChI=1S/C16H17N3O2/c17-10-12-2-1-3-13(8-12)15(21)19-6-4-16(5-7-19)9-14(20)18-11-16/h1-3,8H,4-7,9,11H2,(H,18,20). The number of rotatable bonds is 1. The number of piperidine rings is 1. The van der Waals surface area contributed by atoms with Crippen molar-refractivity contribution in [3.63, 3.8) is 0 Å². The van der Waals surface area contributed by atoms with Gasteiger partial charge in [0.25, 0.3) is 5.91 Å². The van der Waals surface area contributed by atoms with Gasteiger partial charge in [0, 0.05) is 31.6 Å². The molecule has 0 bridgehead atoms. The van der Waals surface area contributed by atoms with Gasteiger partial charge in [-0.3, -0.25) is 9.59 Å². The van der Waals surface area contributed by atoms with E-state index in [0.29, 0.717) is 30.6 Å². The van der Waals surface area contributed by atoms with Crippen molar-refractivity contribution in [1.82, 2.24) is 10.2 Å². The predicted molar refractivity (Wildman–Crippen MR) is 76.4 cm³/mol. The van der Waals surface area contributed by atoms with Crippen LogP contribution in [0.5, 0.6) is 0 Å². The van der Waals surface area contributed by atoms with Gasteiger partial charge in [-0.15, -0.1) is 0 Å². The van der Waals surface area contributed by atoms with E-state index in [4.69, 9.17) is 5.26 Å². The molecule has 0 saturated carbocycles. The van der Waals surface area contributed by atoms with Gasteiger partial charge >= 0.3 is 0 Å². The number of nitriles is 1. The van der Waals surface area contributed by atoms with Crippen molar-refractivity contribution in [1.29, 1.82) is 5.26 Å². The van der Waals surface area contributed by atoms with Gasteiger partial charge in [-0.2, -0.15) is 5.26 Å². The fraction of sp³-hybridized carbons (Fsp3) is 0.438. The predicted octanol–water partition coefficient (Wildman–Crippen LogP) is 1.30. The smallest absolute Gasteiger partial charge is 0.253 e. The largest absolute Gasteiger partial charge is 0.356 e. The van der Waals surface area contributed by atoms with Crippen molar-refractivity contribution in [2.24, 2.45) is 5.41 Å². The number of likely N-dealkylation sites (tertiary alicyclic amines) is 1. The molecule has 2 heterocycles. The van der Waals surface area contributed by atoms with Crippen LogP contribution in [0.3, 0.4) is 0 Å². The lowest BCUT2D eigenvalue weighted by Gasteiger charge is -2.38. The first-order valence-corrected chi connectivity index (χ1v) is 7.18. The Morgan fingerprint density at radius 3 is 2.71 bits per heavy atom. The second-order valence-corrected chi connectivity index (χ2v) is 5.94. The van der Waals surface area contributed by atoms with Crippen molar-refractivity contribution in [2.45, 2.75) is 19.3 Å². The Hall–Kier alpha value is -2.35. The first-order chi connectivity index (χ1) is 10.1. The molecule has 1 aromatic rings. The molecule has 2 aliphatic heterocycles. The summed E-state index contributed by atoms with van der Waals surface area (Å²) < 4.78 is 0. The number of hydrogen-bond acceptors (Lipinski definition) is 3. The molecule has 0 aromatic heterocycles. The average Bonchev–Trinajstić information content (AvgIpc) is 2.88. The average molecular weight is 283 g/mol. The monoisotopic (exact) mass is 283 g/mol. The minimum Gasteiger partial charge on any atom is -0.356 e. The van der Waals surface area contributed by atoms with Gasteiger partial charge in [0.15, 0.2) is 0 Å². The Morgan fingerprint density at radius 1 is 1.33 bits per heavy atom. The third-order valence-electron chi connectivity index (χ3n) is 4.55. The minimum atomic E-state index is -0.0285. The molecule has 2 aliphatic rings. The molecule has 108 valence electrons. The van der Waals surface area contributed by atoms with E-state index in [-0.39, 0.29) is 17.2 Å². The maximum Gasteiger partial charge on any atom is 0.253 e. The molecule has 1 N–H and O–H groups in total. The van der Waals surface area contributed by atoms with Crippen LogP contribution in [0, 0.1) is 16.7 Å². The highest BCUT2D eigenvalue weighted by Crippen LogP contribution is 2.37. The minimum absolute atomic E-state index is 0.0285. The highest BCUT2D eigenvalue weighted by atomic mass is 16.2. The normalized spacial score (nSPS) is 20.1. The number of amides is 2. The van der Waals surface area contributed by atoms with Crippen LogP contribution < -0.4 is 5.32 Å². The number of nitrogens with zero attached hydrogens (tertiary/aromatic N) is 2. The molecule has 21 heavy (non-hydrogen) atoms. The van der Waals surface area contributed by atoms with E-state index in [1.807, 2.05) is 4.90 Å². The topological polar surface area (TPSA) is 73.2 Å². The summed E-state index contributed by atoms with van der Waals surface area (Å²) in [6, 6.07) is 8.85. The summed E-state index contributed by atoms with van der Waals surface area (Å²) in [6.07, 6.45) is 2.30. The Bertz CT molecular complexity index is 625. The van der Waals surface area contributed by atoms with Gasteiger partial charge in [0.05, 0.1) is 11.6 Å². The molecule has 0 radical (unpaired) electrons. The first kappa shape index (κ1) is 13.6. The summed E-state index contributed by atoms with van der Waals surface area (Å²) in [4.78, 5) is 25.7. The Morgan fingerprint density at radius 2 is 2.10 bits per heavy atom. The van der Waals surface area contributed by atoms with Gasteiger partial charge in [0.2, 0.25) is 5.91 Å². The van der Waals surface area contributed by atoms with Crippen LogP contribution >= 0.6 is 0 Å². The number of carbonyl (C=O) groups excluding carboxylic acids is 2. The highest BCUT2D eigenvalue weighted by Gasteiger charge is 2.41. The third kappa shape index (κ3) is 2.62. The maximum absolute atomic E-state index is 12.5. The molecule has 3 rings (SSSR count). The molecule has 0 unspecified atom stereocenters. The maximum atomic E-state index is 12.5. The van der Waals surface area contributed by atoms with Crippen molar-refractivity contribution in [3.8, 4) is 6.07 Å². The molecule has 2 fully saturated rings. The summed E-state index contributed by atoms with van der Waals surface area (Å²) >= 11 is 0. The van der Waals surface area contributed by atoms with Crippen molar-refractivity contribution in [2.75, 3.05) is 19.6 Å². The van der Waals surface area contributed by atoms with E-state index in [0.717, 1.165) is 19.4 Å². The van der Waals surface area contributed by atoms with Crippen LogP contribution in [0.1, 0.15) is 35.2 Å². The van der Waals surface area contributed by atoms with Gasteiger partial charge in [-0.25, -0.2) is 0 Å². The van der Waals surface area contributed by atoms with E-state index in [1.54, 1.807) is 24.3 Å². The molecule has 1 spiro atoms. The SMILES string of the molecule is N#Cc1cccc(C(=O)N2CCC3(CC2)CNC(=O)C3)c1. The van der Waals surface area contributed by atoms with E-state index in [1.165, 1.54) is 0 Å². The van der Waals surface area contributed by atoms with E-state index in [9.17, 15) is 9.59 Å². The van der Waals surface area contributed by atoms with Crippen LogP contribution in [0.2, 0.25) is 0 Å². The van der Waals surface area contributed by atoms with Crippen LogP contribution in [0.15, 0.2) is 24.3 Å². The second-order valence-electron chi connectivity index (χ2n) is 5.94. The molecule has 2 amide bonds. The quantitative estimate of drug-likeness (QED) is 0.844. The molecule has 5 nitrogen and oxygen atoms in total. The summed E-state index contributed by atoms with van der Waals surface area (Å²) in [5.41, 5.74) is 1.10. The number of nitrogens with one attached hydrogen (secondary N) is 1. The Kier molecular flexibility index (Phi) is 3.38. The van der Waals surface area contributed by atoms with Gasteiger partial charge in [-0.05, 0) is 36.5 Å². The van der Waals surface area contributed by atoms with Crippen molar-refractivity contribution in [3.05, 3.63) is 35.4 Å². The molecular formula is C16H17N3O2. The molecule has 5 heteroatoms. The highest BCUT2D eigenvalue weighted by molar-refractivity contribution is 5.94. The number of carbonyl (C=O) groups is 2. The first-order valence-electron chi connectivity index (χ1n) is 7.18. The fourth-order valence-corrected chi connectivity index (χ4v) is 3.19.